The number of aryl methyl sites for hydroxylation is 1. The summed E-state index contributed by atoms with van der Waals surface area (Å²) in [6.07, 6.45) is -4.42. The highest BCUT2D eigenvalue weighted by atomic mass is 32.2. The highest BCUT2D eigenvalue weighted by molar-refractivity contribution is 7.89. The normalized spacial score (nSPS) is 16.6. The van der Waals surface area contributed by atoms with Gasteiger partial charge in [0.05, 0.1) is 17.0 Å². The fourth-order valence-electron chi connectivity index (χ4n) is 3.97. The van der Waals surface area contributed by atoms with Crippen molar-refractivity contribution in [3.8, 4) is 0 Å². The van der Waals surface area contributed by atoms with Crippen molar-refractivity contribution in [2.75, 3.05) is 35.6 Å². The summed E-state index contributed by atoms with van der Waals surface area (Å²) in [4.78, 5) is 1.98. The average molecular weight is 480 g/mol. The van der Waals surface area contributed by atoms with Crippen LogP contribution in [0.2, 0.25) is 0 Å². The molecular formula is C22H24F3N5O2S. The number of nitrogens with one attached hydrogen (secondary N) is 2. The Hall–Kier alpha value is -2.92. The number of halogens is 3. The maximum absolute atomic E-state index is 13.3. The van der Waals surface area contributed by atoms with E-state index in [2.05, 4.69) is 20.2 Å². The van der Waals surface area contributed by atoms with Crippen molar-refractivity contribution in [1.82, 2.24) is 14.9 Å². The van der Waals surface area contributed by atoms with Gasteiger partial charge in [-0.25, -0.2) is 13.1 Å². The molecule has 1 aliphatic heterocycles. The molecule has 33 heavy (non-hydrogen) atoms. The van der Waals surface area contributed by atoms with Crippen molar-refractivity contribution in [2.45, 2.75) is 26.6 Å². The van der Waals surface area contributed by atoms with Crippen LogP contribution in [-0.2, 0) is 22.7 Å². The van der Waals surface area contributed by atoms with Crippen LogP contribution < -0.4 is 14.9 Å². The number of alkyl halides is 3. The van der Waals surface area contributed by atoms with Crippen LogP contribution >= 0.6 is 0 Å². The Morgan fingerprint density at radius 2 is 1.88 bits per heavy atom. The molecule has 3 aromatic rings. The number of hydrogen-bond donors (Lipinski definition) is 2. The quantitative estimate of drug-likeness (QED) is 0.595. The highest BCUT2D eigenvalue weighted by Gasteiger charge is 2.32. The number of aromatic nitrogens is 2. The minimum Gasteiger partial charge on any atom is -0.369 e. The highest BCUT2D eigenvalue weighted by Crippen LogP contribution is 2.33. The van der Waals surface area contributed by atoms with Crippen molar-refractivity contribution in [3.63, 3.8) is 0 Å². The third-order valence-electron chi connectivity index (χ3n) is 5.84. The van der Waals surface area contributed by atoms with E-state index in [1.165, 1.54) is 13.0 Å². The number of benzene rings is 2. The maximum atomic E-state index is 13.3. The van der Waals surface area contributed by atoms with Crippen LogP contribution in [0, 0.1) is 13.8 Å². The molecule has 0 amide bonds. The van der Waals surface area contributed by atoms with Crippen LogP contribution in [0.15, 0.2) is 36.4 Å². The fraction of sp³-hybridized carbons (Fsp3) is 0.364. The first-order valence-electron chi connectivity index (χ1n) is 10.4. The van der Waals surface area contributed by atoms with Gasteiger partial charge in [-0.15, -0.1) is 5.10 Å². The van der Waals surface area contributed by atoms with Crippen LogP contribution in [0.4, 0.5) is 24.7 Å². The predicted octanol–water partition coefficient (Wildman–Crippen LogP) is 3.62. The molecule has 1 fully saturated rings. The Morgan fingerprint density at radius 3 is 2.64 bits per heavy atom. The molecule has 176 valence electrons. The zero-order valence-electron chi connectivity index (χ0n) is 18.2. The van der Waals surface area contributed by atoms with E-state index in [1.807, 2.05) is 30.0 Å². The minimum atomic E-state index is -4.42. The fourth-order valence-corrected chi connectivity index (χ4v) is 4.98. The lowest BCUT2D eigenvalue weighted by atomic mass is 10.0. The lowest BCUT2D eigenvalue weighted by Gasteiger charge is -2.22. The Labute approximate surface area is 190 Å². The molecular weight excluding hydrogens is 455 g/mol. The zero-order valence-corrected chi connectivity index (χ0v) is 19.0. The van der Waals surface area contributed by atoms with E-state index in [1.54, 1.807) is 6.07 Å². The van der Waals surface area contributed by atoms with Gasteiger partial charge in [-0.2, -0.15) is 18.3 Å². The van der Waals surface area contributed by atoms with E-state index in [9.17, 15) is 21.6 Å². The summed E-state index contributed by atoms with van der Waals surface area (Å²) in [5.74, 6) is 0.452. The van der Waals surface area contributed by atoms with Gasteiger partial charge in [0.1, 0.15) is 0 Å². The zero-order chi connectivity index (χ0) is 23.8. The Morgan fingerprint density at radius 1 is 1.09 bits per heavy atom. The SMILES string of the molecule is Cc1c(CNc2nnc(C)c3ccc(N4CCNS(=O)(=O)CC4)cc23)cccc1C(F)(F)F. The lowest BCUT2D eigenvalue weighted by molar-refractivity contribution is -0.138. The number of fused-ring (bicyclic) bond motifs is 1. The largest absolute Gasteiger partial charge is 0.416 e. The van der Waals surface area contributed by atoms with Gasteiger partial charge in [-0.1, -0.05) is 18.2 Å². The molecule has 0 bridgehead atoms. The van der Waals surface area contributed by atoms with Gasteiger partial charge in [-0.3, -0.25) is 0 Å². The molecule has 0 spiro atoms. The molecule has 2 N–H and O–H groups in total. The lowest BCUT2D eigenvalue weighted by Crippen LogP contribution is -2.28. The topological polar surface area (TPSA) is 87.2 Å². The third-order valence-corrected chi connectivity index (χ3v) is 7.21. The van der Waals surface area contributed by atoms with Crippen molar-refractivity contribution in [2.24, 2.45) is 0 Å². The van der Waals surface area contributed by atoms with E-state index in [4.69, 9.17) is 0 Å². The van der Waals surface area contributed by atoms with Crippen LogP contribution in [0.3, 0.4) is 0 Å². The molecule has 0 unspecified atom stereocenters. The summed E-state index contributed by atoms with van der Waals surface area (Å²) in [5, 5.41) is 13.2. The second kappa shape index (κ2) is 8.79. The molecule has 11 heteroatoms. The molecule has 2 aromatic carbocycles. The molecule has 0 atom stereocenters. The molecule has 0 aliphatic carbocycles. The van der Waals surface area contributed by atoms with Crippen LogP contribution in [-0.4, -0.2) is 44.0 Å². The molecule has 0 radical (unpaired) electrons. The standard InChI is InChI=1S/C22H24F3N5O2S/c1-14-16(4-3-5-20(14)22(23,24)25)13-26-21-19-12-17(6-7-18(19)15(2)28-29-21)30-9-8-27-33(31,32)11-10-30/h3-7,12,27H,8-11,13H2,1-2H3,(H,26,29). The van der Waals surface area contributed by atoms with Crippen LogP contribution in [0.5, 0.6) is 0 Å². The van der Waals surface area contributed by atoms with E-state index in [0.29, 0.717) is 31.0 Å². The second-order valence-electron chi connectivity index (χ2n) is 8.01. The van der Waals surface area contributed by atoms with E-state index in [-0.39, 0.29) is 17.9 Å². The number of hydrogen-bond acceptors (Lipinski definition) is 6. The maximum Gasteiger partial charge on any atom is 0.416 e. The molecule has 0 saturated carbocycles. The monoisotopic (exact) mass is 479 g/mol. The Kier molecular flexibility index (Phi) is 6.19. The van der Waals surface area contributed by atoms with E-state index >= 15 is 0 Å². The number of nitrogens with zero attached hydrogens (tertiary/aromatic N) is 3. The van der Waals surface area contributed by atoms with Crippen LogP contribution in [0.1, 0.15) is 22.4 Å². The molecule has 1 aromatic heterocycles. The van der Waals surface area contributed by atoms with Gasteiger partial charge in [-0.05, 0) is 43.2 Å². The summed E-state index contributed by atoms with van der Waals surface area (Å²) < 4.78 is 66.0. The molecule has 1 aliphatic rings. The van der Waals surface area contributed by atoms with Gasteiger partial charge in [0.25, 0.3) is 0 Å². The van der Waals surface area contributed by atoms with Gasteiger partial charge in [0, 0.05) is 42.6 Å². The van der Waals surface area contributed by atoms with Crippen molar-refractivity contribution in [3.05, 3.63) is 58.8 Å². The predicted molar refractivity (Wildman–Crippen MR) is 122 cm³/mol. The Bertz CT molecular complexity index is 1300. The molecule has 2 heterocycles. The average Bonchev–Trinajstić information content (AvgIpc) is 2.93. The van der Waals surface area contributed by atoms with Gasteiger partial charge in [0.2, 0.25) is 10.0 Å². The molecule has 4 rings (SSSR count). The summed E-state index contributed by atoms with van der Waals surface area (Å²) in [6, 6.07) is 9.85. The van der Waals surface area contributed by atoms with Crippen molar-refractivity contribution >= 4 is 32.3 Å². The summed E-state index contributed by atoms with van der Waals surface area (Å²) in [7, 11) is -3.28. The first-order chi connectivity index (χ1) is 15.5. The van der Waals surface area contributed by atoms with Gasteiger partial charge < -0.3 is 10.2 Å². The molecule has 7 nitrogen and oxygen atoms in total. The Balaban J connectivity index is 1.65. The number of anilines is 2. The first kappa shape index (κ1) is 23.2. The summed E-state index contributed by atoms with van der Waals surface area (Å²) in [5.41, 5.74) is 1.58. The summed E-state index contributed by atoms with van der Waals surface area (Å²) >= 11 is 0. The third kappa shape index (κ3) is 5.03. The van der Waals surface area contributed by atoms with E-state index < -0.39 is 21.8 Å². The van der Waals surface area contributed by atoms with Gasteiger partial charge >= 0.3 is 6.18 Å². The smallest absolute Gasteiger partial charge is 0.369 e. The number of sulfonamides is 1. The number of rotatable bonds is 4. The first-order valence-corrected chi connectivity index (χ1v) is 12.1. The van der Waals surface area contributed by atoms with Gasteiger partial charge in [0.15, 0.2) is 5.82 Å². The van der Waals surface area contributed by atoms with Crippen molar-refractivity contribution in [1.29, 1.82) is 0 Å². The van der Waals surface area contributed by atoms with E-state index in [0.717, 1.165) is 28.2 Å². The molecule has 1 saturated heterocycles. The minimum absolute atomic E-state index is 0.00140. The summed E-state index contributed by atoms with van der Waals surface area (Å²) in [6.45, 7) is 4.63. The van der Waals surface area contributed by atoms with Crippen LogP contribution in [0.25, 0.3) is 10.8 Å². The van der Waals surface area contributed by atoms with Crippen molar-refractivity contribution < 1.29 is 21.6 Å². The second-order valence-corrected chi connectivity index (χ2v) is 9.93.